The van der Waals surface area contributed by atoms with Crippen LogP contribution >= 0.6 is 0 Å². The molecule has 0 bridgehead atoms. The van der Waals surface area contributed by atoms with Gasteiger partial charge in [-0.3, -0.25) is 0 Å². The lowest BCUT2D eigenvalue weighted by Gasteiger charge is -2.06. The molecule has 13 heavy (non-hydrogen) atoms. The average Bonchev–Trinajstić information content (AvgIpc) is 1.97. The fourth-order valence-corrected chi connectivity index (χ4v) is 1.65. The summed E-state index contributed by atoms with van der Waals surface area (Å²) in [5.74, 6) is 0. The zero-order valence-electron chi connectivity index (χ0n) is 7.53. The van der Waals surface area contributed by atoms with Crippen molar-refractivity contribution in [3.63, 3.8) is 0 Å². The van der Waals surface area contributed by atoms with Gasteiger partial charge in [0.1, 0.15) is 0 Å². The molecule has 0 aliphatic carbocycles. The van der Waals surface area contributed by atoms with Gasteiger partial charge in [-0.25, -0.2) is 13.6 Å². The first kappa shape index (κ1) is 10.0. The summed E-state index contributed by atoms with van der Waals surface area (Å²) in [5.41, 5.74) is 7.75. The first-order valence-corrected chi connectivity index (χ1v) is 5.26. The number of hydrogen-bond acceptors (Lipinski definition) is 3. The first-order valence-electron chi connectivity index (χ1n) is 3.72. The molecule has 0 heterocycles. The van der Waals surface area contributed by atoms with Gasteiger partial charge in [-0.05, 0) is 37.1 Å². The molecule has 0 amide bonds. The molecule has 0 aliphatic heterocycles. The number of benzene rings is 1. The average molecular weight is 200 g/mol. The lowest BCUT2D eigenvalue weighted by atomic mass is 10.1. The smallest absolute Gasteiger partial charge is 0.238 e. The van der Waals surface area contributed by atoms with E-state index >= 15 is 0 Å². The van der Waals surface area contributed by atoms with Crippen LogP contribution < -0.4 is 10.9 Å². The predicted molar refractivity (Wildman–Crippen MR) is 51.7 cm³/mol. The summed E-state index contributed by atoms with van der Waals surface area (Å²) in [6.07, 6.45) is 0. The Hall–Kier alpha value is -1.07. The van der Waals surface area contributed by atoms with E-state index in [1.54, 1.807) is 6.92 Å². The van der Waals surface area contributed by atoms with E-state index in [-0.39, 0.29) is 4.90 Å². The van der Waals surface area contributed by atoms with Gasteiger partial charge >= 0.3 is 0 Å². The number of nitrogens with two attached hydrogens (primary N) is 2. The van der Waals surface area contributed by atoms with Crippen LogP contribution in [0.3, 0.4) is 0 Å². The highest BCUT2D eigenvalue weighted by molar-refractivity contribution is 7.89. The minimum atomic E-state index is -3.64. The van der Waals surface area contributed by atoms with Crippen molar-refractivity contribution in [1.82, 2.24) is 0 Å². The fraction of sp³-hybridized carbons (Fsp3) is 0.250. The number of primary sulfonamides is 1. The number of anilines is 1. The lowest BCUT2D eigenvalue weighted by Crippen LogP contribution is -2.13. The zero-order chi connectivity index (χ0) is 10.2. The SMILES string of the molecule is Cc1cc(S(N)(=O)=O)cc(N)c1C. The molecule has 1 aromatic rings. The Labute approximate surface area is 77.6 Å². The summed E-state index contributed by atoms with van der Waals surface area (Å²) in [6, 6.07) is 2.89. The summed E-state index contributed by atoms with van der Waals surface area (Å²) >= 11 is 0. The van der Waals surface area contributed by atoms with Gasteiger partial charge in [0.05, 0.1) is 4.90 Å². The molecular weight excluding hydrogens is 188 g/mol. The molecule has 4 nitrogen and oxygen atoms in total. The normalized spacial score (nSPS) is 11.6. The van der Waals surface area contributed by atoms with E-state index in [0.717, 1.165) is 11.1 Å². The Morgan fingerprint density at radius 2 is 1.77 bits per heavy atom. The second-order valence-electron chi connectivity index (χ2n) is 3.00. The summed E-state index contributed by atoms with van der Waals surface area (Å²) < 4.78 is 21.9. The molecule has 0 spiro atoms. The van der Waals surface area contributed by atoms with Crippen molar-refractivity contribution in [3.8, 4) is 0 Å². The lowest BCUT2D eigenvalue weighted by molar-refractivity contribution is 0.597. The molecule has 4 N–H and O–H groups in total. The maximum absolute atomic E-state index is 11.0. The van der Waals surface area contributed by atoms with Gasteiger partial charge < -0.3 is 5.73 Å². The van der Waals surface area contributed by atoms with Crippen molar-refractivity contribution in [1.29, 1.82) is 0 Å². The highest BCUT2D eigenvalue weighted by atomic mass is 32.2. The van der Waals surface area contributed by atoms with Crippen molar-refractivity contribution >= 4 is 15.7 Å². The van der Waals surface area contributed by atoms with Gasteiger partial charge in [0.2, 0.25) is 10.0 Å². The summed E-state index contributed by atoms with van der Waals surface area (Å²) in [4.78, 5) is 0.0631. The number of sulfonamides is 1. The quantitative estimate of drug-likeness (QED) is 0.648. The van der Waals surface area contributed by atoms with Crippen LogP contribution in [0.25, 0.3) is 0 Å². The highest BCUT2D eigenvalue weighted by Crippen LogP contribution is 2.20. The second-order valence-corrected chi connectivity index (χ2v) is 4.56. The van der Waals surface area contributed by atoms with Gasteiger partial charge in [0.25, 0.3) is 0 Å². The fourth-order valence-electron chi connectivity index (χ4n) is 1.02. The Morgan fingerprint density at radius 1 is 1.23 bits per heavy atom. The number of hydrogen-bond donors (Lipinski definition) is 2. The molecule has 0 saturated heterocycles. The maximum atomic E-state index is 11.0. The van der Waals surface area contributed by atoms with E-state index in [1.165, 1.54) is 12.1 Å². The molecular formula is C8H12N2O2S. The summed E-state index contributed by atoms with van der Waals surface area (Å²) in [7, 11) is -3.64. The van der Waals surface area contributed by atoms with Crippen LogP contribution in [0.5, 0.6) is 0 Å². The van der Waals surface area contributed by atoms with Crippen molar-refractivity contribution in [2.24, 2.45) is 5.14 Å². The molecule has 1 aromatic carbocycles. The number of nitrogen functional groups attached to an aromatic ring is 1. The Balaban J connectivity index is 3.47. The van der Waals surface area contributed by atoms with Crippen molar-refractivity contribution in [3.05, 3.63) is 23.3 Å². The van der Waals surface area contributed by atoms with Crippen LogP contribution in [0.1, 0.15) is 11.1 Å². The van der Waals surface area contributed by atoms with Crippen LogP contribution in [0.2, 0.25) is 0 Å². The summed E-state index contributed by atoms with van der Waals surface area (Å²) in [5, 5.41) is 4.96. The van der Waals surface area contributed by atoms with Crippen LogP contribution in [0, 0.1) is 13.8 Å². The molecule has 0 saturated carbocycles. The second kappa shape index (κ2) is 3.01. The molecule has 0 radical (unpaired) electrons. The van der Waals surface area contributed by atoms with E-state index in [4.69, 9.17) is 10.9 Å². The number of rotatable bonds is 1. The van der Waals surface area contributed by atoms with Gasteiger partial charge in [-0.1, -0.05) is 0 Å². The topological polar surface area (TPSA) is 86.2 Å². The highest BCUT2D eigenvalue weighted by Gasteiger charge is 2.10. The van der Waals surface area contributed by atoms with Crippen molar-refractivity contribution < 1.29 is 8.42 Å². The Morgan fingerprint density at radius 3 is 2.15 bits per heavy atom. The zero-order valence-corrected chi connectivity index (χ0v) is 8.35. The molecule has 0 atom stereocenters. The third-order valence-corrected chi connectivity index (χ3v) is 2.90. The molecule has 5 heteroatoms. The van der Waals surface area contributed by atoms with Gasteiger partial charge in [-0.2, -0.15) is 0 Å². The number of aryl methyl sites for hydroxylation is 1. The molecule has 0 aromatic heterocycles. The van der Waals surface area contributed by atoms with Gasteiger partial charge in [0.15, 0.2) is 0 Å². The molecule has 0 fully saturated rings. The molecule has 0 unspecified atom stereocenters. The monoisotopic (exact) mass is 200 g/mol. The van der Waals surface area contributed by atoms with E-state index < -0.39 is 10.0 Å². The third-order valence-electron chi connectivity index (χ3n) is 2.01. The van der Waals surface area contributed by atoms with Gasteiger partial charge in [0, 0.05) is 5.69 Å². The largest absolute Gasteiger partial charge is 0.398 e. The van der Waals surface area contributed by atoms with Gasteiger partial charge in [-0.15, -0.1) is 0 Å². The van der Waals surface area contributed by atoms with Crippen LogP contribution in [0.4, 0.5) is 5.69 Å². The Kier molecular flexibility index (Phi) is 2.32. The van der Waals surface area contributed by atoms with E-state index in [0.29, 0.717) is 5.69 Å². The molecule has 0 aliphatic rings. The molecule has 1 rings (SSSR count). The van der Waals surface area contributed by atoms with Crippen LogP contribution in [-0.2, 0) is 10.0 Å². The first-order chi connectivity index (χ1) is 5.82. The standard InChI is InChI=1S/C8H12N2O2S/c1-5-3-7(13(10,11)12)4-8(9)6(5)2/h3-4H,9H2,1-2H3,(H2,10,11,12). The summed E-state index contributed by atoms with van der Waals surface area (Å²) in [6.45, 7) is 3.62. The third kappa shape index (κ3) is 1.99. The van der Waals surface area contributed by atoms with Crippen molar-refractivity contribution in [2.75, 3.05) is 5.73 Å². The molecule has 72 valence electrons. The Bertz CT molecular complexity index is 414. The van der Waals surface area contributed by atoms with E-state index in [1.807, 2.05) is 6.92 Å². The maximum Gasteiger partial charge on any atom is 0.238 e. The van der Waals surface area contributed by atoms with Crippen LogP contribution in [0.15, 0.2) is 17.0 Å². The minimum absolute atomic E-state index is 0.0631. The minimum Gasteiger partial charge on any atom is -0.398 e. The van der Waals surface area contributed by atoms with Crippen LogP contribution in [-0.4, -0.2) is 8.42 Å². The van der Waals surface area contributed by atoms with E-state index in [9.17, 15) is 8.42 Å². The predicted octanol–water partition coefficient (Wildman–Crippen LogP) is 0.533. The van der Waals surface area contributed by atoms with Crippen molar-refractivity contribution in [2.45, 2.75) is 18.7 Å². The van der Waals surface area contributed by atoms with E-state index in [2.05, 4.69) is 0 Å².